The summed E-state index contributed by atoms with van der Waals surface area (Å²) in [4.78, 5) is 0. The summed E-state index contributed by atoms with van der Waals surface area (Å²) in [5, 5.41) is 0. The van der Waals surface area contributed by atoms with Gasteiger partial charge in [0, 0.05) is 0 Å². The highest BCUT2D eigenvalue weighted by Crippen LogP contribution is 2.42. The van der Waals surface area contributed by atoms with Gasteiger partial charge in [-0.3, -0.25) is 0 Å². The lowest BCUT2D eigenvalue weighted by molar-refractivity contribution is 0.150. The summed E-state index contributed by atoms with van der Waals surface area (Å²) < 4.78 is 0. The molecule has 0 amide bonds. The monoisotopic (exact) mass is 236 g/mol. The first-order valence-electron chi connectivity index (χ1n) is 8.29. The molecule has 0 aromatic rings. The zero-order chi connectivity index (χ0) is 12.1. The van der Waals surface area contributed by atoms with Gasteiger partial charge in [0.05, 0.1) is 0 Å². The summed E-state index contributed by atoms with van der Waals surface area (Å²) >= 11 is 0. The Kier molecular flexibility index (Phi) is 5.38. The molecule has 2 rings (SSSR count). The van der Waals surface area contributed by atoms with Crippen molar-refractivity contribution in [3.63, 3.8) is 0 Å². The molecule has 0 N–H and O–H groups in total. The molecule has 2 aliphatic rings. The van der Waals surface area contributed by atoms with Crippen LogP contribution < -0.4 is 0 Å². The number of fused-ring (bicyclic) bond motifs is 1. The van der Waals surface area contributed by atoms with Gasteiger partial charge in [-0.1, -0.05) is 65.2 Å². The molecule has 4 atom stereocenters. The van der Waals surface area contributed by atoms with Crippen molar-refractivity contribution in [2.75, 3.05) is 0 Å². The maximum atomic E-state index is 2.48. The van der Waals surface area contributed by atoms with E-state index in [2.05, 4.69) is 13.8 Å². The summed E-state index contributed by atoms with van der Waals surface area (Å²) in [6.07, 6.45) is 16.7. The lowest BCUT2D eigenvalue weighted by Gasteiger charge is -2.36. The normalized spacial score (nSPS) is 39.9. The molecule has 0 heterocycles. The van der Waals surface area contributed by atoms with Crippen molar-refractivity contribution >= 4 is 0 Å². The first kappa shape index (κ1) is 13.4. The molecular weight excluding hydrogens is 204 g/mol. The molecule has 0 aromatic carbocycles. The van der Waals surface area contributed by atoms with Crippen LogP contribution in [-0.4, -0.2) is 0 Å². The molecule has 0 bridgehead atoms. The molecule has 2 saturated carbocycles. The SMILES string of the molecule is CCCC1CCC2CCCCC(C)CCC2C1. The van der Waals surface area contributed by atoms with Crippen molar-refractivity contribution < 1.29 is 0 Å². The van der Waals surface area contributed by atoms with Crippen molar-refractivity contribution in [2.45, 2.75) is 84.5 Å². The molecular formula is C17H32. The van der Waals surface area contributed by atoms with Crippen LogP contribution in [-0.2, 0) is 0 Å². The Bertz CT molecular complexity index is 208. The summed E-state index contributed by atoms with van der Waals surface area (Å²) in [6, 6.07) is 0. The van der Waals surface area contributed by atoms with Crippen LogP contribution in [0.25, 0.3) is 0 Å². The summed E-state index contributed by atoms with van der Waals surface area (Å²) in [5.41, 5.74) is 0. The molecule has 0 nitrogen and oxygen atoms in total. The van der Waals surface area contributed by atoms with Gasteiger partial charge in [0.1, 0.15) is 0 Å². The summed E-state index contributed by atoms with van der Waals surface area (Å²) in [7, 11) is 0. The Hall–Kier alpha value is 0. The van der Waals surface area contributed by atoms with Crippen molar-refractivity contribution in [2.24, 2.45) is 23.7 Å². The van der Waals surface area contributed by atoms with Gasteiger partial charge in [-0.2, -0.15) is 0 Å². The second-order valence-corrected chi connectivity index (χ2v) is 6.95. The van der Waals surface area contributed by atoms with Gasteiger partial charge >= 0.3 is 0 Å². The van der Waals surface area contributed by atoms with E-state index in [0.717, 1.165) is 23.7 Å². The van der Waals surface area contributed by atoms with E-state index < -0.39 is 0 Å². The average Bonchev–Trinajstić information content (AvgIpc) is 2.41. The van der Waals surface area contributed by atoms with Crippen LogP contribution in [0, 0.1) is 23.7 Å². The highest BCUT2D eigenvalue weighted by atomic mass is 14.4. The van der Waals surface area contributed by atoms with Gasteiger partial charge < -0.3 is 0 Å². The Morgan fingerprint density at radius 2 is 1.59 bits per heavy atom. The molecule has 2 aliphatic carbocycles. The summed E-state index contributed by atoms with van der Waals surface area (Å²) in [6.45, 7) is 4.84. The Labute approximate surface area is 109 Å². The maximum absolute atomic E-state index is 2.48. The minimum absolute atomic E-state index is 1.00. The largest absolute Gasteiger partial charge is 0.0654 e. The van der Waals surface area contributed by atoms with Crippen LogP contribution in [0.5, 0.6) is 0 Å². The van der Waals surface area contributed by atoms with Crippen molar-refractivity contribution in [3.05, 3.63) is 0 Å². The molecule has 0 saturated heterocycles. The predicted octanol–water partition coefficient (Wildman–Crippen LogP) is 5.81. The number of rotatable bonds is 2. The fourth-order valence-electron chi connectivity index (χ4n) is 4.37. The Morgan fingerprint density at radius 1 is 0.824 bits per heavy atom. The van der Waals surface area contributed by atoms with Gasteiger partial charge in [-0.25, -0.2) is 0 Å². The van der Waals surface area contributed by atoms with Crippen molar-refractivity contribution in [3.8, 4) is 0 Å². The van der Waals surface area contributed by atoms with Gasteiger partial charge in [-0.05, 0) is 42.9 Å². The quantitative estimate of drug-likeness (QED) is 0.567. The fourth-order valence-corrected chi connectivity index (χ4v) is 4.37. The van der Waals surface area contributed by atoms with Crippen LogP contribution in [0.2, 0.25) is 0 Å². The molecule has 2 fully saturated rings. The minimum Gasteiger partial charge on any atom is -0.0654 e. The lowest BCUT2D eigenvalue weighted by atomic mass is 9.69. The van der Waals surface area contributed by atoms with E-state index >= 15 is 0 Å². The smallest absolute Gasteiger partial charge is 0.0383 e. The third-order valence-corrected chi connectivity index (χ3v) is 5.50. The van der Waals surface area contributed by atoms with Crippen molar-refractivity contribution in [1.82, 2.24) is 0 Å². The summed E-state index contributed by atoms with van der Waals surface area (Å²) in [5.74, 6) is 4.28. The Morgan fingerprint density at radius 3 is 2.41 bits per heavy atom. The highest BCUT2D eigenvalue weighted by molar-refractivity contribution is 4.81. The topological polar surface area (TPSA) is 0 Å². The van der Waals surface area contributed by atoms with E-state index in [4.69, 9.17) is 0 Å². The number of hydrogen-bond acceptors (Lipinski definition) is 0. The fraction of sp³-hybridized carbons (Fsp3) is 1.00. The van der Waals surface area contributed by atoms with Gasteiger partial charge in [-0.15, -0.1) is 0 Å². The van der Waals surface area contributed by atoms with Crippen LogP contribution >= 0.6 is 0 Å². The zero-order valence-electron chi connectivity index (χ0n) is 12.1. The maximum Gasteiger partial charge on any atom is -0.0383 e. The van der Waals surface area contributed by atoms with Crippen LogP contribution in [0.1, 0.15) is 84.5 Å². The molecule has 0 spiro atoms. The van der Waals surface area contributed by atoms with E-state index in [-0.39, 0.29) is 0 Å². The van der Waals surface area contributed by atoms with Gasteiger partial charge in [0.2, 0.25) is 0 Å². The highest BCUT2D eigenvalue weighted by Gasteiger charge is 2.30. The molecule has 100 valence electrons. The molecule has 0 heteroatoms. The average molecular weight is 236 g/mol. The molecule has 0 radical (unpaired) electrons. The van der Waals surface area contributed by atoms with Crippen LogP contribution in [0.15, 0.2) is 0 Å². The lowest BCUT2D eigenvalue weighted by Crippen LogP contribution is -2.25. The van der Waals surface area contributed by atoms with Gasteiger partial charge in [0.15, 0.2) is 0 Å². The molecule has 0 aliphatic heterocycles. The van der Waals surface area contributed by atoms with Gasteiger partial charge in [0.25, 0.3) is 0 Å². The standard InChI is InChI=1S/C17H32/c1-3-6-15-10-12-16-8-5-4-7-14(2)9-11-17(16)13-15/h14-17H,3-13H2,1-2H3. The van der Waals surface area contributed by atoms with E-state index in [0.29, 0.717) is 0 Å². The first-order chi connectivity index (χ1) is 8.29. The third-order valence-electron chi connectivity index (χ3n) is 5.50. The van der Waals surface area contributed by atoms with E-state index in [1.165, 1.54) is 38.5 Å². The second-order valence-electron chi connectivity index (χ2n) is 6.95. The molecule has 0 aromatic heterocycles. The first-order valence-corrected chi connectivity index (χ1v) is 8.29. The van der Waals surface area contributed by atoms with Crippen molar-refractivity contribution in [1.29, 1.82) is 0 Å². The van der Waals surface area contributed by atoms with E-state index in [1.807, 2.05) is 0 Å². The minimum atomic E-state index is 1.00. The Balaban J connectivity index is 1.89. The predicted molar refractivity (Wildman–Crippen MR) is 76.1 cm³/mol. The van der Waals surface area contributed by atoms with Crippen LogP contribution in [0.3, 0.4) is 0 Å². The van der Waals surface area contributed by atoms with Crippen LogP contribution in [0.4, 0.5) is 0 Å². The number of hydrogen-bond donors (Lipinski definition) is 0. The van der Waals surface area contributed by atoms with E-state index in [1.54, 1.807) is 32.1 Å². The second kappa shape index (κ2) is 6.81. The van der Waals surface area contributed by atoms with E-state index in [9.17, 15) is 0 Å². The molecule has 4 unspecified atom stereocenters. The third kappa shape index (κ3) is 4.00. The molecule has 17 heavy (non-hydrogen) atoms. The zero-order valence-corrected chi connectivity index (χ0v) is 12.1.